The van der Waals surface area contributed by atoms with Gasteiger partial charge in [0.1, 0.15) is 5.60 Å². The molecule has 0 aliphatic heterocycles. The van der Waals surface area contributed by atoms with Crippen LogP contribution < -0.4 is 0 Å². The SMILES string of the molecule is Cc1cc(C=CC(=O)OC(C)(C)C)ccc1C#N. The Morgan fingerprint density at radius 3 is 2.56 bits per heavy atom. The van der Waals surface area contributed by atoms with Gasteiger partial charge in [0.2, 0.25) is 0 Å². The van der Waals surface area contributed by atoms with Crippen molar-refractivity contribution in [2.24, 2.45) is 0 Å². The maximum absolute atomic E-state index is 11.5. The highest BCUT2D eigenvalue weighted by Gasteiger charge is 2.13. The average Bonchev–Trinajstić information content (AvgIpc) is 2.24. The summed E-state index contributed by atoms with van der Waals surface area (Å²) >= 11 is 0. The normalized spacial score (nSPS) is 11.3. The van der Waals surface area contributed by atoms with Gasteiger partial charge < -0.3 is 4.74 Å². The van der Waals surface area contributed by atoms with E-state index in [1.54, 1.807) is 18.2 Å². The maximum atomic E-state index is 11.5. The first kappa shape index (κ1) is 14.0. The number of benzene rings is 1. The highest BCUT2D eigenvalue weighted by Crippen LogP contribution is 2.12. The number of rotatable bonds is 2. The van der Waals surface area contributed by atoms with E-state index in [0.717, 1.165) is 11.1 Å². The van der Waals surface area contributed by atoms with Gasteiger partial charge in [0.05, 0.1) is 11.6 Å². The molecule has 18 heavy (non-hydrogen) atoms. The summed E-state index contributed by atoms with van der Waals surface area (Å²) in [6.45, 7) is 7.34. The van der Waals surface area contributed by atoms with Crippen LogP contribution in [0.1, 0.15) is 37.5 Å². The Hall–Kier alpha value is -2.08. The molecule has 1 aromatic carbocycles. The third kappa shape index (κ3) is 4.42. The summed E-state index contributed by atoms with van der Waals surface area (Å²) in [6.07, 6.45) is 3.08. The molecule has 0 bridgehead atoms. The van der Waals surface area contributed by atoms with Crippen molar-refractivity contribution >= 4 is 12.0 Å². The predicted octanol–water partition coefficient (Wildman–Crippen LogP) is 3.22. The number of carbonyl (C=O) groups is 1. The lowest BCUT2D eigenvalue weighted by molar-refractivity contribution is -0.148. The van der Waals surface area contributed by atoms with Gasteiger partial charge >= 0.3 is 5.97 Å². The first-order valence-electron chi connectivity index (χ1n) is 5.73. The van der Waals surface area contributed by atoms with Crippen LogP contribution in [0.2, 0.25) is 0 Å². The molecule has 0 saturated heterocycles. The molecular formula is C15H17NO2. The molecular weight excluding hydrogens is 226 g/mol. The Morgan fingerprint density at radius 2 is 2.06 bits per heavy atom. The predicted molar refractivity (Wildman–Crippen MR) is 70.8 cm³/mol. The molecule has 3 nitrogen and oxygen atoms in total. The Morgan fingerprint density at radius 1 is 1.39 bits per heavy atom. The molecule has 3 heteroatoms. The minimum Gasteiger partial charge on any atom is -0.457 e. The molecule has 1 rings (SSSR count). The Kier molecular flexibility index (Phi) is 4.28. The third-order valence-corrected chi connectivity index (χ3v) is 2.19. The van der Waals surface area contributed by atoms with Gasteiger partial charge in [-0.1, -0.05) is 12.1 Å². The summed E-state index contributed by atoms with van der Waals surface area (Å²) in [5, 5.41) is 8.81. The van der Waals surface area contributed by atoms with E-state index in [0.29, 0.717) is 5.56 Å². The van der Waals surface area contributed by atoms with Crippen molar-refractivity contribution < 1.29 is 9.53 Å². The van der Waals surface area contributed by atoms with Crippen molar-refractivity contribution in [2.45, 2.75) is 33.3 Å². The second kappa shape index (κ2) is 5.50. The molecule has 0 saturated carbocycles. The molecule has 0 amide bonds. The zero-order valence-corrected chi connectivity index (χ0v) is 11.2. The number of nitrogens with zero attached hydrogens (tertiary/aromatic N) is 1. The minimum atomic E-state index is -0.484. The quantitative estimate of drug-likeness (QED) is 0.592. The van der Waals surface area contributed by atoms with Gasteiger partial charge in [-0.2, -0.15) is 5.26 Å². The van der Waals surface area contributed by atoms with Crippen LogP contribution in [0.15, 0.2) is 24.3 Å². The summed E-state index contributed by atoms with van der Waals surface area (Å²) in [5.74, 6) is -0.371. The number of hydrogen-bond acceptors (Lipinski definition) is 3. The third-order valence-electron chi connectivity index (χ3n) is 2.19. The summed E-state index contributed by atoms with van der Waals surface area (Å²) < 4.78 is 5.16. The topological polar surface area (TPSA) is 50.1 Å². The molecule has 0 radical (unpaired) electrons. The van der Waals surface area contributed by atoms with Gasteiger partial charge in [-0.15, -0.1) is 0 Å². The van der Waals surface area contributed by atoms with Crippen LogP contribution >= 0.6 is 0 Å². The van der Waals surface area contributed by atoms with Crippen molar-refractivity contribution in [2.75, 3.05) is 0 Å². The Balaban J connectivity index is 2.77. The van der Waals surface area contributed by atoms with Crippen LogP contribution in [-0.2, 0) is 9.53 Å². The zero-order chi connectivity index (χ0) is 13.8. The van der Waals surface area contributed by atoms with Gasteiger partial charge in [0.15, 0.2) is 0 Å². The number of carbonyl (C=O) groups excluding carboxylic acids is 1. The lowest BCUT2D eigenvalue weighted by Gasteiger charge is -2.17. The second-order valence-electron chi connectivity index (χ2n) is 5.05. The van der Waals surface area contributed by atoms with Crippen molar-refractivity contribution in [1.29, 1.82) is 5.26 Å². The van der Waals surface area contributed by atoms with Gasteiger partial charge in [-0.25, -0.2) is 4.79 Å². The van der Waals surface area contributed by atoms with E-state index in [1.165, 1.54) is 6.08 Å². The van der Waals surface area contributed by atoms with Gasteiger partial charge in [0.25, 0.3) is 0 Å². The zero-order valence-electron chi connectivity index (χ0n) is 11.2. The minimum absolute atomic E-state index is 0.371. The summed E-state index contributed by atoms with van der Waals surface area (Å²) in [6, 6.07) is 7.50. The van der Waals surface area contributed by atoms with Crippen LogP contribution in [0.3, 0.4) is 0 Å². The van der Waals surface area contributed by atoms with Crippen LogP contribution in [0.25, 0.3) is 6.08 Å². The molecule has 94 valence electrons. The molecule has 0 aliphatic carbocycles. The number of ether oxygens (including phenoxy) is 1. The van der Waals surface area contributed by atoms with Crippen LogP contribution in [-0.4, -0.2) is 11.6 Å². The number of aryl methyl sites for hydroxylation is 1. The van der Waals surface area contributed by atoms with Crippen molar-refractivity contribution in [1.82, 2.24) is 0 Å². The highest BCUT2D eigenvalue weighted by molar-refractivity contribution is 5.87. The van der Waals surface area contributed by atoms with Gasteiger partial charge in [-0.3, -0.25) is 0 Å². The van der Waals surface area contributed by atoms with Crippen LogP contribution in [0.5, 0.6) is 0 Å². The van der Waals surface area contributed by atoms with Crippen molar-refractivity contribution in [3.63, 3.8) is 0 Å². The molecule has 0 unspecified atom stereocenters. The lowest BCUT2D eigenvalue weighted by Crippen LogP contribution is -2.22. The lowest BCUT2D eigenvalue weighted by atomic mass is 10.1. The summed E-state index contributed by atoms with van der Waals surface area (Å²) in [4.78, 5) is 11.5. The van der Waals surface area contributed by atoms with Crippen LogP contribution in [0.4, 0.5) is 0 Å². The molecule has 0 N–H and O–H groups in total. The molecule has 0 aliphatic rings. The van der Waals surface area contributed by atoms with E-state index < -0.39 is 5.60 Å². The molecule has 0 aromatic heterocycles. The van der Waals surface area contributed by atoms with E-state index in [2.05, 4.69) is 6.07 Å². The fraction of sp³-hybridized carbons (Fsp3) is 0.333. The van der Waals surface area contributed by atoms with E-state index in [-0.39, 0.29) is 5.97 Å². The maximum Gasteiger partial charge on any atom is 0.331 e. The fourth-order valence-corrected chi connectivity index (χ4v) is 1.42. The van der Waals surface area contributed by atoms with Crippen molar-refractivity contribution in [3.05, 3.63) is 41.0 Å². The molecule has 0 atom stereocenters. The molecule has 0 spiro atoms. The van der Waals surface area contributed by atoms with E-state index >= 15 is 0 Å². The highest BCUT2D eigenvalue weighted by atomic mass is 16.6. The first-order valence-corrected chi connectivity index (χ1v) is 5.73. The first-order chi connectivity index (χ1) is 8.31. The largest absolute Gasteiger partial charge is 0.457 e. The Bertz CT molecular complexity index is 516. The summed E-state index contributed by atoms with van der Waals surface area (Å²) in [7, 11) is 0. The van der Waals surface area contributed by atoms with E-state index in [9.17, 15) is 4.79 Å². The molecule has 0 heterocycles. The summed E-state index contributed by atoms with van der Waals surface area (Å²) in [5.41, 5.74) is 1.92. The monoisotopic (exact) mass is 243 g/mol. The molecule has 0 fully saturated rings. The van der Waals surface area contributed by atoms with Gasteiger partial charge in [0, 0.05) is 6.08 Å². The van der Waals surface area contributed by atoms with E-state index in [4.69, 9.17) is 10.00 Å². The number of hydrogen-bond donors (Lipinski definition) is 0. The van der Waals surface area contributed by atoms with E-state index in [1.807, 2.05) is 33.8 Å². The van der Waals surface area contributed by atoms with Crippen LogP contribution in [0, 0.1) is 18.3 Å². The number of nitriles is 1. The molecule has 1 aromatic rings. The second-order valence-corrected chi connectivity index (χ2v) is 5.05. The fourth-order valence-electron chi connectivity index (χ4n) is 1.42. The van der Waals surface area contributed by atoms with Crippen molar-refractivity contribution in [3.8, 4) is 6.07 Å². The standard InChI is InChI=1S/C15H17NO2/c1-11-9-12(5-7-13(11)10-16)6-8-14(17)18-15(2,3)4/h5-9H,1-4H3. The average molecular weight is 243 g/mol. The Labute approximate surface area is 108 Å². The number of esters is 1. The smallest absolute Gasteiger partial charge is 0.331 e. The van der Waals surface area contributed by atoms with Gasteiger partial charge in [-0.05, 0) is 51.0 Å².